The molecule has 0 spiro atoms. The fourth-order valence-corrected chi connectivity index (χ4v) is 2.08. The minimum atomic E-state index is 0.905. The van der Waals surface area contributed by atoms with Crippen molar-refractivity contribution in [2.45, 2.75) is 13.3 Å². The van der Waals surface area contributed by atoms with E-state index in [9.17, 15) is 0 Å². The highest BCUT2D eigenvalue weighted by atomic mass is 15.2. The molecule has 0 aromatic rings. The van der Waals surface area contributed by atoms with Gasteiger partial charge in [-0.05, 0) is 32.9 Å². The van der Waals surface area contributed by atoms with Crippen LogP contribution in [0.5, 0.6) is 0 Å². The molecule has 2 aliphatic rings. The Morgan fingerprint density at radius 1 is 1.24 bits per heavy atom. The molecule has 2 heteroatoms. The standard InChI is InChI=1S/C15H21N2/c1-14-5-3-6-15(13-14)7-4-8-17-11-9-16(2)10-12-17/h5-6,13H,3,8-12H2,1-2H3. The predicted molar refractivity (Wildman–Crippen MR) is 72.5 cm³/mol. The SMILES string of the molecule is CC1=CC(C#CCN2CCN(C)CC2)=CC[CH]1. The van der Waals surface area contributed by atoms with Gasteiger partial charge in [-0.1, -0.05) is 23.5 Å². The van der Waals surface area contributed by atoms with E-state index in [-0.39, 0.29) is 0 Å². The molecule has 91 valence electrons. The molecule has 0 unspecified atom stereocenters. The maximum absolute atomic E-state index is 3.29. The Morgan fingerprint density at radius 3 is 2.71 bits per heavy atom. The number of likely N-dealkylation sites (N-methyl/N-ethyl adjacent to an activating group) is 1. The van der Waals surface area contributed by atoms with E-state index < -0.39 is 0 Å². The van der Waals surface area contributed by atoms with Crippen LogP contribution in [0, 0.1) is 18.3 Å². The molecule has 0 saturated carbocycles. The summed E-state index contributed by atoms with van der Waals surface area (Å²) >= 11 is 0. The summed E-state index contributed by atoms with van der Waals surface area (Å²) in [6.07, 6.45) is 7.62. The third-order valence-corrected chi connectivity index (χ3v) is 3.29. The normalized spacial score (nSPS) is 22.5. The Hall–Kier alpha value is -1.04. The number of piperazine rings is 1. The van der Waals surface area contributed by atoms with Gasteiger partial charge in [0.1, 0.15) is 0 Å². The summed E-state index contributed by atoms with van der Waals surface area (Å²) < 4.78 is 0. The van der Waals surface area contributed by atoms with Crippen LogP contribution in [-0.2, 0) is 0 Å². The molecule has 1 fully saturated rings. The minimum Gasteiger partial charge on any atom is -0.304 e. The van der Waals surface area contributed by atoms with Gasteiger partial charge in [-0.15, -0.1) is 0 Å². The zero-order valence-corrected chi connectivity index (χ0v) is 10.9. The van der Waals surface area contributed by atoms with Crippen LogP contribution >= 0.6 is 0 Å². The smallest absolute Gasteiger partial charge is 0.0606 e. The van der Waals surface area contributed by atoms with E-state index in [1.807, 2.05) is 0 Å². The molecular weight excluding hydrogens is 208 g/mol. The molecule has 2 rings (SSSR count). The monoisotopic (exact) mass is 229 g/mol. The van der Waals surface area contributed by atoms with Crippen molar-refractivity contribution in [2.24, 2.45) is 0 Å². The fourth-order valence-electron chi connectivity index (χ4n) is 2.08. The third-order valence-electron chi connectivity index (χ3n) is 3.29. The second kappa shape index (κ2) is 6.05. The Labute approximate surface area is 105 Å². The number of allylic oxidation sites excluding steroid dienone is 4. The van der Waals surface area contributed by atoms with Crippen LogP contribution in [0.25, 0.3) is 0 Å². The largest absolute Gasteiger partial charge is 0.304 e. The van der Waals surface area contributed by atoms with Crippen molar-refractivity contribution < 1.29 is 0 Å². The number of nitrogens with zero attached hydrogens (tertiary/aromatic N) is 2. The van der Waals surface area contributed by atoms with Crippen LogP contribution in [0.1, 0.15) is 13.3 Å². The molecule has 0 aromatic heterocycles. The van der Waals surface area contributed by atoms with Crippen molar-refractivity contribution in [3.8, 4) is 11.8 Å². The summed E-state index contributed by atoms with van der Waals surface area (Å²) in [6, 6.07) is 0. The highest BCUT2D eigenvalue weighted by molar-refractivity contribution is 5.44. The molecule has 0 bridgehead atoms. The van der Waals surface area contributed by atoms with Gasteiger partial charge < -0.3 is 4.90 Å². The molecule has 0 amide bonds. The molecule has 0 N–H and O–H groups in total. The first-order valence-corrected chi connectivity index (χ1v) is 6.35. The number of rotatable bonds is 1. The predicted octanol–water partition coefficient (Wildman–Crippen LogP) is 1.72. The summed E-state index contributed by atoms with van der Waals surface area (Å²) in [5, 5.41) is 0. The van der Waals surface area contributed by atoms with Gasteiger partial charge in [0.2, 0.25) is 0 Å². The Balaban J connectivity index is 1.80. The summed E-state index contributed by atoms with van der Waals surface area (Å²) in [6.45, 7) is 7.66. The van der Waals surface area contributed by atoms with E-state index in [1.54, 1.807) is 0 Å². The lowest BCUT2D eigenvalue weighted by molar-refractivity contribution is 0.168. The van der Waals surface area contributed by atoms with Gasteiger partial charge in [-0.3, -0.25) is 4.90 Å². The lowest BCUT2D eigenvalue weighted by Gasteiger charge is -2.30. The van der Waals surface area contributed by atoms with Crippen molar-refractivity contribution in [1.29, 1.82) is 0 Å². The van der Waals surface area contributed by atoms with Gasteiger partial charge in [0.15, 0.2) is 0 Å². The molecule has 1 radical (unpaired) electrons. The first-order valence-electron chi connectivity index (χ1n) is 6.35. The van der Waals surface area contributed by atoms with E-state index in [0.29, 0.717) is 0 Å². The van der Waals surface area contributed by atoms with Crippen molar-refractivity contribution in [3.05, 3.63) is 29.7 Å². The molecule has 1 saturated heterocycles. The molecule has 1 heterocycles. The summed E-state index contributed by atoms with van der Waals surface area (Å²) in [5.74, 6) is 6.56. The molecule has 17 heavy (non-hydrogen) atoms. The molecule has 0 aromatic carbocycles. The summed E-state index contributed by atoms with van der Waals surface area (Å²) in [5.41, 5.74) is 2.51. The Kier molecular flexibility index (Phi) is 4.42. The zero-order valence-electron chi connectivity index (χ0n) is 10.9. The molecule has 1 aliphatic carbocycles. The fraction of sp³-hybridized carbons (Fsp3) is 0.533. The molecule has 1 aliphatic heterocycles. The van der Waals surface area contributed by atoms with E-state index in [1.165, 1.54) is 24.2 Å². The maximum Gasteiger partial charge on any atom is 0.0606 e. The number of hydrogen-bond donors (Lipinski definition) is 0. The highest BCUT2D eigenvalue weighted by Crippen LogP contribution is 2.14. The van der Waals surface area contributed by atoms with Crippen molar-refractivity contribution >= 4 is 0 Å². The first-order chi connectivity index (χ1) is 8.24. The van der Waals surface area contributed by atoms with E-state index in [2.05, 4.69) is 54.2 Å². The van der Waals surface area contributed by atoms with Gasteiger partial charge in [0, 0.05) is 31.8 Å². The van der Waals surface area contributed by atoms with Crippen LogP contribution in [0.2, 0.25) is 0 Å². The van der Waals surface area contributed by atoms with Crippen LogP contribution < -0.4 is 0 Å². The lowest BCUT2D eigenvalue weighted by Crippen LogP contribution is -2.44. The van der Waals surface area contributed by atoms with E-state index >= 15 is 0 Å². The van der Waals surface area contributed by atoms with Crippen LogP contribution in [0.4, 0.5) is 0 Å². The van der Waals surface area contributed by atoms with Crippen molar-refractivity contribution in [3.63, 3.8) is 0 Å². The van der Waals surface area contributed by atoms with Gasteiger partial charge in [0.25, 0.3) is 0 Å². The number of hydrogen-bond acceptors (Lipinski definition) is 2. The van der Waals surface area contributed by atoms with E-state index in [0.717, 1.165) is 26.1 Å². The molecule has 0 atom stereocenters. The Bertz CT molecular complexity index is 373. The lowest BCUT2D eigenvalue weighted by atomic mass is 10.0. The van der Waals surface area contributed by atoms with Crippen LogP contribution in [0.3, 0.4) is 0 Å². The Morgan fingerprint density at radius 2 is 2.00 bits per heavy atom. The van der Waals surface area contributed by atoms with Crippen LogP contribution in [-0.4, -0.2) is 49.6 Å². The summed E-state index contributed by atoms with van der Waals surface area (Å²) in [7, 11) is 2.18. The third kappa shape index (κ3) is 4.03. The van der Waals surface area contributed by atoms with Gasteiger partial charge in [-0.25, -0.2) is 0 Å². The van der Waals surface area contributed by atoms with Crippen LogP contribution in [0.15, 0.2) is 23.3 Å². The maximum atomic E-state index is 3.29. The molecule has 2 nitrogen and oxygen atoms in total. The van der Waals surface area contributed by atoms with Crippen molar-refractivity contribution in [2.75, 3.05) is 39.8 Å². The average molecular weight is 229 g/mol. The second-order valence-corrected chi connectivity index (χ2v) is 4.87. The topological polar surface area (TPSA) is 6.48 Å². The van der Waals surface area contributed by atoms with Gasteiger partial charge in [0.05, 0.1) is 6.54 Å². The zero-order chi connectivity index (χ0) is 12.1. The minimum absolute atomic E-state index is 0.905. The summed E-state index contributed by atoms with van der Waals surface area (Å²) in [4.78, 5) is 4.80. The highest BCUT2D eigenvalue weighted by Gasteiger charge is 2.11. The second-order valence-electron chi connectivity index (χ2n) is 4.87. The van der Waals surface area contributed by atoms with Gasteiger partial charge >= 0.3 is 0 Å². The molecular formula is C15H21N2. The first kappa shape index (κ1) is 12.4. The van der Waals surface area contributed by atoms with Crippen molar-refractivity contribution in [1.82, 2.24) is 9.80 Å². The average Bonchev–Trinajstić information content (AvgIpc) is 2.32. The van der Waals surface area contributed by atoms with Gasteiger partial charge in [-0.2, -0.15) is 0 Å². The quantitative estimate of drug-likeness (QED) is 0.632. The van der Waals surface area contributed by atoms with E-state index in [4.69, 9.17) is 0 Å².